The van der Waals surface area contributed by atoms with Gasteiger partial charge in [-0.25, -0.2) is 9.29 Å². The van der Waals surface area contributed by atoms with E-state index in [0.717, 1.165) is 30.4 Å². The van der Waals surface area contributed by atoms with Crippen LogP contribution in [0.1, 0.15) is 72.1 Å². The van der Waals surface area contributed by atoms with Gasteiger partial charge in [0.1, 0.15) is 5.76 Å². The van der Waals surface area contributed by atoms with Crippen LogP contribution in [0.2, 0.25) is 0 Å². The minimum atomic E-state index is -2.49. The topological polar surface area (TPSA) is 136 Å². The highest BCUT2D eigenvalue weighted by atomic mass is 32.2. The van der Waals surface area contributed by atoms with Gasteiger partial charge in [0.15, 0.2) is 0 Å². The Labute approximate surface area is 212 Å². The van der Waals surface area contributed by atoms with Crippen LogP contribution < -0.4 is 5.32 Å². The van der Waals surface area contributed by atoms with Crippen LogP contribution >= 0.6 is 0 Å². The molecule has 1 fully saturated rings. The quantitative estimate of drug-likeness (QED) is 0.275. The fraction of sp³-hybridized carbons (Fsp3) is 0.423. The maximum atomic E-state index is 12.9. The first-order valence-corrected chi connectivity index (χ1v) is 13.2. The van der Waals surface area contributed by atoms with Gasteiger partial charge in [0.25, 0.3) is 5.91 Å². The molecular formula is C26H30N3O6S-. The molecule has 1 aliphatic rings. The van der Waals surface area contributed by atoms with Gasteiger partial charge < -0.3 is 19.4 Å². The second-order valence-corrected chi connectivity index (χ2v) is 9.97. The highest BCUT2D eigenvalue weighted by Crippen LogP contribution is 2.44. The summed E-state index contributed by atoms with van der Waals surface area (Å²) in [6.45, 7) is 2.33. The molecule has 9 nitrogen and oxygen atoms in total. The van der Waals surface area contributed by atoms with Crippen molar-refractivity contribution < 1.29 is 27.9 Å². The number of aromatic nitrogens is 1. The van der Waals surface area contributed by atoms with E-state index in [4.69, 9.17) is 14.5 Å². The van der Waals surface area contributed by atoms with E-state index >= 15 is 0 Å². The molecule has 4 rings (SSSR count). The Morgan fingerprint density at radius 1 is 1.25 bits per heavy atom. The first-order valence-electron chi connectivity index (χ1n) is 12.2. The van der Waals surface area contributed by atoms with Crippen molar-refractivity contribution in [1.82, 2.24) is 14.6 Å². The number of hydrogen-bond acceptors (Lipinski definition) is 6. The average molecular weight is 513 g/mol. The highest BCUT2D eigenvalue weighted by molar-refractivity contribution is 7.76. The molecule has 0 saturated heterocycles. The third kappa shape index (κ3) is 5.83. The number of fused-ring (bicyclic) bond motifs is 1. The standard InChI is InChI=1S/C26H31N3O6S/c1-3-16-7-9-18(10-8-16)24-23(25(32)27-2)20-14-19(17-11-12-17)21(28-26(20)35-24)15-29(36(33)34)13-5-4-6-22(30)31/h7-10,14,17H,3-6,11-13,15H2,1-2H3,(H,27,32)(H,30,31)(H,33,34)/p-1. The fourth-order valence-electron chi connectivity index (χ4n) is 4.33. The minimum absolute atomic E-state index is 0.00641. The lowest BCUT2D eigenvalue weighted by atomic mass is 10.0. The van der Waals surface area contributed by atoms with E-state index in [0.29, 0.717) is 35.2 Å². The molecule has 36 heavy (non-hydrogen) atoms. The monoisotopic (exact) mass is 512 g/mol. The van der Waals surface area contributed by atoms with E-state index < -0.39 is 17.2 Å². The molecule has 1 unspecified atom stereocenters. The summed E-state index contributed by atoms with van der Waals surface area (Å²) in [6, 6.07) is 9.76. The number of nitrogens with one attached hydrogen (secondary N) is 1. The number of carboxylic acids is 1. The summed E-state index contributed by atoms with van der Waals surface area (Å²) in [5.74, 6) is -0.500. The maximum absolute atomic E-state index is 12.9. The van der Waals surface area contributed by atoms with Gasteiger partial charge in [-0.3, -0.25) is 13.8 Å². The Balaban J connectivity index is 1.73. The van der Waals surface area contributed by atoms with Gasteiger partial charge in [-0.15, -0.1) is 0 Å². The lowest BCUT2D eigenvalue weighted by Crippen LogP contribution is -2.27. The summed E-state index contributed by atoms with van der Waals surface area (Å²) >= 11 is -2.49. The van der Waals surface area contributed by atoms with Gasteiger partial charge in [-0.05, 0) is 55.2 Å². The lowest BCUT2D eigenvalue weighted by molar-refractivity contribution is -0.137. The summed E-state index contributed by atoms with van der Waals surface area (Å²) in [4.78, 5) is 28.4. The first kappa shape index (κ1) is 26.0. The van der Waals surface area contributed by atoms with Crippen LogP contribution in [0.3, 0.4) is 0 Å². The zero-order valence-electron chi connectivity index (χ0n) is 20.4. The van der Waals surface area contributed by atoms with Gasteiger partial charge in [-0.2, -0.15) is 0 Å². The Bertz CT molecular complexity index is 1280. The van der Waals surface area contributed by atoms with E-state index in [2.05, 4.69) is 12.2 Å². The highest BCUT2D eigenvalue weighted by Gasteiger charge is 2.31. The van der Waals surface area contributed by atoms with Crippen molar-refractivity contribution in [3.05, 3.63) is 52.7 Å². The van der Waals surface area contributed by atoms with Crippen molar-refractivity contribution in [2.24, 2.45) is 0 Å². The number of rotatable bonds is 12. The molecule has 2 N–H and O–H groups in total. The predicted molar refractivity (Wildman–Crippen MR) is 135 cm³/mol. The molecule has 1 amide bonds. The van der Waals surface area contributed by atoms with Gasteiger partial charge in [0.05, 0.1) is 23.2 Å². The van der Waals surface area contributed by atoms with Crippen LogP contribution in [0.25, 0.3) is 22.4 Å². The molecule has 2 aromatic heterocycles. The van der Waals surface area contributed by atoms with Crippen LogP contribution in [0, 0.1) is 0 Å². The summed E-state index contributed by atoms with van der Waals surface area (Å²) in [5.41, 5.74) is 4.14. The van der Waals surface area contributed by atoms with Crippen LogP contribution in [-0.4, -0.2) is 48.6 Å². The Morgan fingerprint density at radius 3 is 2.56 bits per heavy atom. The number of nitrogens with zero attached hydrogens (tertiary/aromatic N) is 2. The molecule has 1 aliphatic carbocycles. The number of amides is 1. The van der Waals surface area contributed by atoms with Crippen molar-refractivity contribution in [2.45, 2.75) is 57.9 Å². The number of carbonyl (C=O) groups excluding carboxylic acids is 1. The number of hydrogen-bond donors (Lipinski definition) is 2. The molecule has 3 aromatic rings. The third-order valence-electron chi connectivity index (χ3n) is 6.48. The summed E-state index contributed by atoms with van der Waals surface area (Å²) in [6.07, 6.45) is 3.65. The summed E-state index contributed by atoms with van der Waals surface area (Å²) in [7, 11) is 1.57. The molecule has 0 spiro atoms. The zero-order chi connectivity index (χ0) is 25.8. The number of pyridine rings is 1. The van der Waals surface area contributed by atoms with Crippen molar-refractivity contribution in [1.29, 1.82) is 0 Å². The van der Waals surface area contributed by atoms with Gasteiger partial charge in [0, 0.05) is 36.8 Å². The molecule has 10 heteroatoms. The number of furan rings is 1. The van der Waals surface area contributed by atoms with Crippen molar-refractivity contribution in [2.75, 3.05) is 13.6 Å². The summed E-state index contributed by atoms with van der Waals surface area (Å²) in [5, 5.41) is 12.1. The normalized spacial score (nSPS) is 14.3. The molecular weight excluding hydrogens is 482 g/mol. The van der Waals surface area contributed by atoms with Gasteiger partial charge in [-0.1, -0.05) is 31.2 Å². The number of carbonyl (C=O) groups is 2. The zero-order valence-corrected chi connectivity index (χ0v) is 21.2. The van der Waals surface area contributed by atoms with Crippen LogP contribution in [0.4, 0.5) is 0 Å². The predicted octanol–water partition coefficient (Wildman–Crippen LogP) is 4.15. The van der Waals surface area contributed by atoms with Crippen molar-refractivity contribution >= 4 is 34.2 Å². The van der Waals surface area contributed by atoms with Crippen molar-refractivity contribution in [3.63, 3.8) is 0 Å². The van der Waals surface area contributed by atoms with Crippen LogP contribution in [-0.2, 0) is 29.0 Å². The smallest absolute Gasteiger partial charge is 0.303 e. The molecule has 2 heterocycles. The number of aliphatic carboxylic acids is 1. The lowest BCUT2D eigenvalue weighted by Gasteiger charge is -2.24. The number of unbranched alkanes of at least 4 members (excludes halogenated alkanes) is 1. The molecule has 1 atom stereocenters. The second-order valence-electron chi connectivity index (χ2n) is 9.02. The van der Waals surface area contributed by atoms with E-state index in [1.807, 2.05) is 30.3 Å². The molecule has 0 aliphatic heterocycles. The van der Waals surface area contributed by atoms with E-state index in [1.54, 1.807) is 7.05 Å². The maximum Gasteiger partial charge on any atom is 0.303 e. The molecule has 0 bridgehead atoms. The van der Waals surface area contributed by atoms with Gasteiger partial charge >= 0.3 is 5.97 Å². The third-order valence-corrected chi connectivity index (χ3v) is 7.21. The number of aryl methyl sites for hydroxylation is 1. The Kier molecular flexibility index (Phi) is 8.17. The van der Waals surface area contributed by atoms with E-state index in [-0.39, 0.29) is 37.0 Å². The Morgan fingerprint density at radius 2 is 1.97 bits per heavy atom. The van der Waals surface area contributed by atoms with Crippen molar-refractivity contribution in [3.8, 4) is 11.3 Å². The molecule has 0 radical (unpaired) electrons. The molecule has 192 valence electrons. The second kappa shape index (κ2) is 11.3. The van der Waals surface area contributed by atoms with E-state index in [1.165, 1.54) is 9.87 Å². The first-order chi connectivity index (χ1) is 17.3. The number of benzene rings is 1. The number of carboxylic acid groups (broad SMARTS) is 1. The molecule has 1 aromatic carbocycles. The fourth-order valence-corrected chi connectivity index (χ4v) is 4.84. The Hall–Kier alpha value is -3.08. The van der Waals surface area contributed by atoms with Gasteiger partial charge in [0.2, 0.25) is 5.71 Å². The van der Waals surface area contributed by atoms with Crippen LogP contribution in [0.5, 0.6) is 0 Å². The summed E-state index contributed by atoms with van der Waals surface area (Å²) < 4.78 is 31.2. The van der Waals surface area contributed by atoms with E-state index in [9.17, 15) is 18.4 Å². The minimum Gasteiger partial charge on any atom is -0.760 e. The largest absolute Gasteiger partial charge is 0.760 e. The molecule has 1 saturated carbocycles. The SMILES string of the molecule is CCc1ccc(-c2oc3nc(CN(CCCCC(=O)O)S(=O)[O-])c(C4CC4)cc3c2C(=O)NC)cc1. The van der Waals surface area contributed by atoms with Crippen LogP contribution in [0.15, 0.2) is 34.7 Å². The average Bonchev–Trinajstić information content (AvgIpc) is 3.65.